The minimum absolute atomic E-state index is 0.0858. The van der Waals surface area contributed by atoms with Crippen molar-refractivity contribution < 1.29 is 9.53 Å². The van der Waals surface area contributed by atoms with Gasteiger partial charge in [-0.2, -0.15) is 5.26 Å². The smallest absolute Gasteiger partial charge is 0.247 e. The van der Waals surface area contributed by atoms with Crippen LogP contribution in [0.4, 0.5) is 28.6 Å². The lowest BCUT2D eigenvalue weighted by Gasteiger charge is -2.35. The first kappa shape index (κ1) is 27.5. The van der Waals surface area contributed by atoms with Crippen molar-refractivity contribution in [1.82, 2.24) is 9.88 Å². The number of likely N-dealkylation sites (N-methyl/N-ethyl adjacent to an activating group) is 1. The summed E-state index contributed by atoms with van der Waals surface area (Å²) in [6.07, 6.45) is 2.78. The van der Waals surface area contributed by atoms with Gasteiger partial charge < -0.3 is 30.5 Å². The highest BCUT2D eigenvalue weighted by Crippen LogP contribution is 2.32. The summed E-state index contributed by atoms with van der Waals surface area (Å²) in [6.45, 7) is 12.7. The van der Waals surface area contributed by atoms with E-state index in [-0.39, 0.29) is 11.9 Å². The van der Waals surface area contributed by atoms with Gasteiger partial charge >= 0.3 is 0 Å². The molecule has 0 saturated carbocycles. The van der Waals surface area contributed by atoms with Gasteiger partial charge in [0.05, 0.1) is 29.7 Å². The highest BCUT2D eigenvalue weighted by atomic mass is 16.5. The van der Waals surface area contributed by atoms with Crippen LogP contribution in [0.2, 0.25) is 0 Å². The normalized spacial score (nSPS) is 14.2. The van der Waals surface area contributed by atoms with Crippen molar-refractivity contribution in [3.8, 4) is 11.8 Å². The Hall–Kier alpha value is -4.55. The first-order valence-corrected chi connectivity index (χ1v) is 13.1. The van der Waals surface area contributed by atoms with Gasteiger partial charge in [-0.15, -0.1) is 0 Å². The zero-order valence-electron chi connectivity index (χ0n) is 22.7. The van der Waals surface area contributed by atoms with Crippen LogP contribution in [0, 0.1) is 11.3 Å². The summed E-state index contributed by atoms with van der Waals surface area (Å²) in [7, 11) is 1.64. The van der Waals surface area contributed by atoms with Crippen molar-refractivity contribution in [1.29, 1.82) is 5.26 Å². The molecule has 3 N–H and O–H groups in total. The van der Waals surface area contributed by atoms with E-state index in [0.717, 1.165) is 49.7 Å². The van der Waals surface area contributed by atoms with E-state index in [9.17, 15) is 10.1 Å². The zero-order valence-corrected chi connectivity index (χ0v) is 22.7. The average Bonchev–Trinajstić information content (AvgIpc) is 2.98. The Morgan fingerprint density at radius 2 is 1.95 bits per heavy atom. The second-order valence-corrected chi connectivity index (χ2v) is 9.34. The van der Waals surface area contributed by atoms with Crippen molar-refractivity contribution in [3.63, 3.8) is 0 Å². The molecular formula is C30H35N7O2. The standard InChI is InChI=1S/C30H35N7O2/c1-5-30(38)35-28-17-24(37-14-12-36(6-2)13-15-37)10-11-26(28)34-29-18-27(23(19-31)20-32-29)33-21(3)22-8-7-9-25(16-22)39-4/h5,7-11,16-18,20-21H,1,6,12-15H2,2-4H3,(H,35,38)(H2,32,33,34). The van der Waals surface area contributed by atoms with Crippen LogP contribution in [0.25, 0.3) is 0 Å². The average molecular weight is 526 g/mol. The van der Waals surface area contributed by atoms with Crippen molar-refractivity contribution in [3.05, 3.63) is 78.5 Å². The topological polar surface area (TPSA) is 106 Å². The molecule has 1 atom stereocenters. The summed E-state index contributed by atoms with van der Waals surface area (Å²) in [5.74, 6) is 1.00. The van der Waals surface area contributed by atoms with Gasteiger partial charge in [0.25, 0.3) is 0 Å². The van der Waals surface area contributed by atoms with Gasteiger partial charge in [-0.1, -0.05) is 25.6 Å². The first-order chi connectivity index (χ1) is 18.9. The predicted molar refractivity (Wildman–Crippen MR) is 157 cm³/mol. The van der Waals surface area contributed by atoms with Crippen LogP contribution in [0.3, 0.4) is 0 Å². The molecular weight excluding hydrogens is 490 g/mol. The zero-order chi connectivity index (χ0) is 27.8. The van der Waals surface area contributed by atoms with Gasteiger partial charge in [0.1, 0.15) is 17.6 Å². The SMILES string of the molecule is C=CC(=O)Nc1cc(N2CCN(CC)CC2)ccc1Nc1cc(NC(C)c2cccc(OC)c2)c(C#N)cn1. The number of hydrogen-bond donors (Lipinski definition) is 3. The van der Waals surface area contributed by atoms with Crippen LogP contribution in [0.1, 0.15) is 31.0 Å². The Morgan fingerprint density at radius 1 is 1.15 bits per heavy atom. The van der Waals surface area contributed by atoms with Crippen LogP contribution in [0.15, 0.2) is 67.4 Å². The minimum Gasteiger partial charge on any atom is -0.497 e. The molecule has 3 aromatic rings. The third-order valence-corrected chi connectivity index (χ3v) is 6.88. The van der Waals surface area contributed by atoms with Crippen molar-refractivity contribution in [2.24, 2.45) is 0 Å². The lowest BCUT2D eigenvalue weighted by Crippen LogP contribution is -2.46. The second kappa shape index (κ2) is 12.8. The lowest BCUT2D eigenvalue weighted by atomic mass is 10.1. The molecule has 1 amide bonds. The number of benzene rings is 2. The van der Waals surface area contributed by atoms with E-state index in [4.69, 9.17) is 4.74 Å². The molecule has 4 rings (SSSR count). The number of carbonyl (C=O) groups is 1. The molecule has 1 aliphatic rings. The highest BCUT2D eigenvalue weighted by molar-refractivity contribution is 6.02. The fraction of sp³-hybridized carbons (Fsp3) is 0.300. The Bertz CT molecular complexity index is 1360. The quantitative estimate of drug-likeness (QED) is 0.312. The van der Waals surface area contributed by atoms with Gasteiger partial charge in [0.15, 0.2) is 0 Å². The number of anilines is 5. The number of methoxy groups -OCH3 is 1. The van der Waals surface area contributed by atoms with E-state index >= 15 is 0 Å². The summed E-state index contributed by atoms with van der Waals surface area (Å²) < 4.78 is 5.35. The summed E-state index contributed by atoms with van der Waals surface area (Å²) in [5, 5.41) is 19.3. The Kier molecular flexibility index (Phi) is 9.02. The molecule has 0 aliphatic carbocycles. The van der Waals surface area contributed by atoms with Crippen LogP contribution in [-0.2, 0) is 4.79 Å². The largest absolute Gasteiger partial charge is 0.497 e. The van der Waals surface area contributed by atoms with E-state index in [1.165, 1.54) is 12.3 Å². The number of nitriles is 1. The number of amides is 1. The molecule has 0 radical (unpaired) electrons. The molecule has 1 fully saturated rings. The van der Waals surface area contributed by atoms with Crippen LogP contribution in [0.5, 0.6) is 5.75 Å². The van der Waals surface area contributed by atoms with E-state index < -0.39 is 0 Å². The van der Waals surface area contributed by atoms with E-state index in [1.54, 1.807) is 13.2 Å². The number of aromatic nitrogens is 1. The number of carbonyl (C=O) groups excluding carboxylic acids is 1. The fourth-order valence-corrected chi connectivity index (χ4v) is 4.55. The molecule has 9 nitrogen and oxygen atoms in total. The van der Waals surface area contributed by atoms with Gasteiger partial charge in [0, 0.05) is 50.2 Å². The van der Waals surface area contributed by atoms with Gasteiger partial charge in [-0.3, -0.25) is 4.79 Å². The second-order valence-electron chi connectivity index (χ2n) is 9.34. The molecule has 39 heavy (non-hydrogen) atoms. The van der Waals surface area contributed by atoms with Gasteiger partial charge in [-0.05, 0) is 55.4 Å². The molecule has 1 aliphatic heterocycles. The maximum atomic E-state index is 12.2. The minimum atomic E-state index is -0.298. The van der Waals surface area contributed by atoms with Gasteiger partial charge in [0.2, 0.25) is 5.91 Å². The van der Waals surface area contributed by atoms with Crippen molar-refractivity contribution in [2.75, 3.05) is 60.7 Å². The molecule has 2 heterocycles. The lowest BCUT2D eigenvalue weighted by molar-refractivity contribution is -0.111. The summed E-state index contributed by atoms with van der Waals surface area (Å²) in [6, 6.07) is 17.7. The first-order valence-electron chi connectivity index (χ1n) is 13.1. The predicted octanol–water partition coefficient (Wildman–Crippen LogP) is 5.14. The van der Waals surface area contributed by atoms with Crippen molar-refractivity contribution >= 4 is 34.5 Å². The number of nitrogens with one attached hydrogen (secondary N) is 3. The van der Waals surface area contributed by atoms with E-state index in [2.05, 4.69) is 50.3 Å². The molecule has 1 unspecified atom stereocenters. The third kappa shape index (κ3) is 6.86. The molecule has 0 bridgehead atoms. The van der Waals surface area contributed by atoms with Gasteiger partial charge in [-0.25, -0.2) is 4.98 Å². The molecule has 2 aromatic carbocycles. The maximum absolute atomic E-state index is 12.2. The van der Waals surface area contributed by atoms with Crippen LogP contribution < -0.4 is 25.6 Å². The Labute approximate surface area is 230 Å². The number of piperazine rings is 1. The maximum Gasteiger partial charge on any atom is 0.247 e. The number of pyridine rings is 1. The molecule has 0 spiro atoms. The number of ether oxygens (including phenoxy) is 1. The van der Waals surface area contributed by atoms with E-state index in [1.807, 2.05) is 49.4 Å². The third-order valence-electron chi connectivity index (χ3n) is 6.88. The fourth-order valence-electron chi connectivity index (χ4n) is 4.55. The molecule has 202 valence electrons. The van der Waals surface area contributed by atoms with E-state index in [0.29, 0.717) is 28.4 Å². The molecule has 1 saturated heterocycles. The number of hydrogen-bond acceptors (Lipinski definition) is 8. The Morgan fingerprint density at radius 3 is 2.64 bits per heavy atom. The highest BCUT2D eigenvalue weighted by Gasteiger charge is 2.18. The molecule has 1 aromatic heterocycles. The monoisotopic (exact) mass is 525 g/mol. The van der Waals surface area contributed by atoms with Crippen molar-refractivity contribution in [2.45, 2.75) is 19.9 Å². The summed E-state index contributed by atoms with van der Waals surface area (Å²) in [4.78, 5) is 21.4. The molecule has 9 heteroatoms. The Balaban J connectivity index is 1.58. The van der Waals surface area contributed by atoms with Crippen LogP contribution >= 0.6 is 0 Å². The van der Waals surface area contributed by atoms with Crippen LogP contribution in [-0.4, -0.2) is 55.6 Å². The number of rotatable bonds is 10. The summed E-state index contributed by atoms with van der Waals surface area (Å²) >= 11 is 0. The number of nitrogens with zero attached hydrogens (tertiary/aromatic N) is 4. The summed E-state index contributed by atoms with van der Waals surface area (Å²) in [5.41, 5.74) is 4.45.